The number of aldehydes is 1. The van der Waals surface area contributed by atoms with Gasteiger partial charge in [-0.05, 0) is 56.4 Å². The van der Waals surface area contributed by atoms with E-state index in [9.17, 15) is 14.7 Å². The maximum absolute atomic E-state index is 11.6. The number of hydrogen-bond acceptors (Lipinski definition) is 12. The molecule has 0 heterocycles. The van der Waals surface area contributed by atoms with E-state index < -0.39 is 0 Å². The molecule has 0 unspecified atom stereocenters. The SMILES string of the molecule is C=CCOc1ccc(CN(C=O)c2cc(C)ccc2OC)cc1O.CNCCOCCOCCOCCOCCC=O.CNN. The third kappa shape index (κ3) is 20.9. The molecule has 0 fully saturated rings. The fourth-order valence-corrected chi connectivity index (χ4v) is 3.40. The van der Waals surface area contributed by atoms with Gasteiger partial charge >= 0.3 is 0 Å². The molecule has 0 aliphatic heterocycles. The minimum Gasteiger partial charge on any atom is -0.504 e. The highest BCUT2D eigenvalue weighted by atomic mass is 16.6. The Morgan fingerprint density at radius 1 is 0.889 bits per heavy atom. The summed E-state index contributed by atoms with van der Waals surface area (Å²) in [5.41, 5.74) is 4.72. The predicted molar refractivity (Wildman–Crippen MR) is 175 cm³/mol. The quantitative estimate of drug-likeness (QED) is 0.0464. The summed E-state index contributed by atoms with van der Waals surface area (Å²) < 4.78 is 31.7. The van der Waals surface area contributed by atoms with Crippen LogP contribution in [0.2, 0.25) is 0 Å². The number of nitrogens with one attached hydrogen (secondary N) is 2. The average Bonchev–Trinajstić information content (AvgIpc) is 3.04. The van der Waals surface area contributed by atoms with E-state index in [0.717, 1.165) is 30.4 Å². The van der Waals surface area contributed by atoms with Crippen molar-refractivity contribution in [3.63, 3.8) is 0 Å². The first-order chi connectivity index (χ1) is 21.9. The number of hydrazine groups is 1. The molecule has 13 nitrogen and oxygen atoms in total. The summed E-state index contributed by atoms with van der Waals surface area (Å²) in [7, 11) is 5.11. The molecule has 2 aromatic rings. The van der Waals surface area contributed by atoms with Crippen LogP contribution in [0.4, 0.5) is 5.69 Å². The highest BCUT2D eigenvalue weighted by Gasteiger charge is 2.13. The molecule has 0 saturated carbocycles. The topological polar surface area (TPSA) is 163 Å². The zero-order valence-electron chi connectivity index (χ0n) is 27.1. The molecule has 2 aromatic carbocycles. The second-order valence-electron chi connectivity index (χ2n) is 9.11. The van der Waals surface area contributed by atoms with Gasteiger partial charge in [-0.2, -0.15) is 0 Å². The Hall–Kier alpha value is -3.56. The number of phenolic OH excluding ortho intramolecular Hbond substituents is 1. The average molecular weight is 637 g/mol. The van der Waals surface area contributed by atoms with Gasteiger partial charge in [0.2, 0.25) is 6.41 Å². The normalized spacial score (nSPS) is 10.1. The molecule has 0 radical (unpaired) electrons. The van der Waals surface area contributed by atoms with E-state index in [1.807, 2.05) is 32.2 Å². The molecule has 0 aliphatic rings. The van der Waals surface area contributed by atoms with Crippen LogP contribution >= 0.6 is 0 Å². The first kappa shape index (κ1) is 41.4. The van der Waals surface area contributed by atoms with Crippen molar-refractivity contribution in [2.45, 2.75) is 19.9 Å². The summed E-state index contributed by atoms with van der Waals surface area (Å²) >= 11 is 0. The van der Waals surface area contributed by atoms with Crippen molar-refractivity contribution in [2.24, 2.45) is 5.84 Å². The second kappa shape index (κ2) is 29.2. The van der Waals surface area contributed by atoms with E-state index in [-0.39, 0.29) is 5.75 Å². The monoisotopic (exact) mass is 636 g/mol. The summed E-state index contributed by atoms with van der Waals surface area (Å²) in [4.78, 5) is 23.1. The highest BCUT2D eigenvalue weighted by molar-refractivity contribution is 5.79. The number of likely N-dealkylation sites (N-methyl/N-ethyl adjacent to an activating group) is 1. The molecule has 0 bridgehead atoms. The number of hydrogen-bond donors (Lipinski definition) is 4. The van der Waals surface area contributed by atoms with Gasteiger partial charge in [0, 0.05) is 13.0 Å². The summed E-state index contributed by atoms with van der Waals surface area (Å²) in [5.74, 6) is 5.61. The molecule has 5 N–H and O–H groups in total. The molecule has 0 saturated heterocycles. The second-order valence-corrected chi connectivity index (χ2v) is 9.11. The summed E-state index contributed by atoms with van der Waals surface area (Å²) in [5, 5.41) is 13.0. The molecule has 0 spiro atoms. The van der Waals surface area contributed by atoms with Crippen LogP contribution in [-0.4, -0.2) is 105 Å². The Kier molecular flexibility index (Phi) is 26.9. The van der Waals surface area contributed by atoms with Gasteiger partial charge in [0.1, 0.15) is 18.6 Å². The maximum atomic E-state index is 11.6. The molecule has 45 heavy (non-hydrogen) atoms. The minimum atomic E-state index is 0.0245. The van der Waals surface area contributed by atoms with Gasteiger partial charge in [-0.1, -0.05) is 24.8 Å². The van der Waals surface area contributed by atoms with Crippen LogP contribution in [0.15, 0.2) is 49.1 Å². The van der Waals surface area contributed by atoms with E-state index >= 15 is 0 Å². The molecule has 13 heteroatoms. The largest absolute Gasteiger partial charge is 0.504 e. The van der Waals surface area contributed by atoms with Crippen molar-refractivity contribution in [1.82, 2.24) is 10.7 Å². The molecule has 254 valence electrons. The van der Waals surface area contributed by atoms with Crippen molar-refractivity contribution < 1.29 is 43.1 Å². The van der Waals surface area contributed by atoms with E-state index in [4.69, 9.17) is 28.4 Å². The molecular weight excluding hydrogens is 584 g/mol. The van der Waals surface area contributed by atoms with Gasteiger partial charge in [0.15, 0.2) is 11.5 Å². The van der Waals surface area contributed by atoms with Gasteiger partial charge in [-0.15, -0.1) is 0 Å². The van der Waals surface area contributed by atoms with Crippen LogP contribution in [0.3, 0.4) is 0 Å². The van der Waals surface area contributed by atoms with Crippen LogP contribution in [0.5, 0.6) is 17.2 Å². The number of ether oxygens (including phenoxy) is 6. The van der Waals surface area contributed by atoms with Crippen molar-refractivity contribution in [3.05, 3.63) is 60.2 Å². The molecular formula is C32H52N4O9. The number of anilines is 1. The lowest BCUT2D eigenvalue weighted by Crippen LogP contribution is -2.21. The van der Waals surface area contributed by atoms with Gasteiger partial charge in [0.25, 0.3) is 0 Å². The Morgan fingerprint density at radius 3 is 1.98 bits per heavy atom. The van der Waals surface area contributed by atoms with Gasteiger partial charge in [0.05, 0.1) is 72.2 Å². The smallest absolute Gasteiger partial charge is 0.214 e. The van der Waals surface area contributed by atoms with Crippen LogP contribution < -0.4 is 31.0 Å². The number of carbonyl (C=O) groups is 2. The highest BCUT2D eigenvalue weighted by Crippen LogP contribution is 2.31. The lowest BCUT2D eigenvalue weighted by atomic mass is 10.1. The first-order valence-electron chi connectivity index (χ1n) is 14.6. The van der Waals surface area contributed by atoms with Gasteiger partial charge in [-0.3, -0.25) is 16.1 Å². The Morgan fingerprint density at radius 2 is 1.47 bits per heavy atom. The minimum absolute atomic E-state index is 0.0245. The number of benzene rings is 2. The molecule has 1 amide bonds. The number of nitrogens with two attached hydrogens (primary N) is 1. The lowest BCUT2D eigenvalue weighted by Gasteiger charge is -2.21. The van der Waals surface area contributed by atoms with E-state index in [0.29, 0.717) is 89.6 Å². The van der Waals surface area contributed by atoms with Crippen molar-refractivity contribution >= 4 is 18.4 Å². The molecule has 0 aromatic heterocycles. The zero-order valence-corrected chi connectivity index (χ0v) is 27.1. The van der Waals surface area contributed by atoms with Gasteiger partial charge < -0.3 is 48.5 Å². The zero-order chi connectivity index (χ0) is 33.5. The van der Waals surface area contributed by atoms with Crippen LogP contribution in [-0.2, 0) is 35.1 Å². The molecule has 0 atom stereocenters. The Labute approximate surface area is 267 Å². The fourth-order valence-electron chi connectivity index (χ4n) is 3.40. The van der Waals surface area contributed by atoms with Gasteiger partial charge in [-0.25, -0.2) is 0 Å². The van der Waals surface area contributed by atoms with Crippen LogP contribution in [0, 0.1) is 6.92 Å². The van der Waals surface area contributed by atoms with Crippen molar-refractivity contribution in [3.8, 4) is 17.2 Å². The number of rotatable bonds is 23. The lowest BCUT2D eigenvalue weighted by molar-refractivity contribution is -0.109. The van der Waals surface area contributed by atoms with Crippen molar-refractivity contribution in [1.29, 1.82) is 0 Å². The number of nitrogens with zero attached hydrogens (tertiary/aromatic N) is 1. The molecule has 0 aliphatic carbocycles. The van der Waals surface area contributed by atoms with E-state index in [2.05, 4.69) is 23.2 Å². The number of carbonyl (C=O) groups excluding carboxylic acids is 2. The molecule has 2 rings (SSSR count). The first-order valence-corrected chi connectivity index (χ1v) is 14.6. The van der Waals surface area contributed by atoms with E-state index in [1.165, 1.54) is 4.90 Å². The Bertz CT molecular complexity index is 1040. The predicted octanol–water partition coefficient (Wildman–Crippen LogP) is 2.38. The Balaban J connectivity index is 0.000000822. The van der Waals surface area contributed by atoms with Crippen LogP contribution in [0.1, 0.15) is 17.5 Å². The maximum Gasteiger partial charge on any atom is 0.214 e. The number of phenols is 1. The number of aryl methyl sites for hydroxylation is 1. The summed E-state index contributed by atoms with van der Waals surface area (Å²) in [6.07, 6.45) is 3.63. The number of methoxy groups -OCH3 is 1. The summed E-state index contributed by atoms with van der Waals surface area (Å²) in [6, 6.07) is 10.7. The number of amides is 1. The summed E-state index contributed by atoms with van der Waals surface area (Å²) in [6.45, 7) is 11.5. The standard InChI is InChI=1S/C19H21NO4.C12H25NO5.CH6N2/c1-4-9-24-19-8-6-15(11-17(19)22)12-20(13-21)16-10-14(2)5-7-18(16)23-3;1-13-3-6-16-8-10-18-12-11-17-9-7-15-5-2-4-14;1-3-2/h4-8,10-11,13,22H,1,9,12H2,2-3H3;4,13H,2-3,5-12H2,1H3;3H,2H2,1H3. The third-order valence-corrected chi connectivity index (χ3v) is 5.50. The fraction of sp³-hybridized carbons (Fsp3) is 0.500. The number of aromatic hydroxyl groups is 1. The van der Waals surface area contributed by atoms with Crippen molar-refractivity contribution in [2.75, 3.05) is 92.1 Å². The van der Waals surface area contributed by atoms with E-state index in [1.54, 1.807) is 38.4 Å². The van der Waals surface area contributed by atoms with Crippen LogP contribution in [0.25, 0.3) is 0 Å². The third-order valence-electron chi connectivity index (χ3n) is 5.50.